The first-order chi connectivity index (χ1) is 17.0. The van der Waals surface area contributed by atoms with Gasteiger partial charge in [0.25, 0.3) is 0 Å². The Balaban J connectivity index is 1.70. The summed E-state index contributed by atoms with van der Waals surface area (Å²) in [6, 6.07) is 11.7. The Morgan fingerprint density at radius 2 is 1.64 bits per heavy atom. The highest BCUT2D eigenvalue weighted by Gasteiger charge is 2.49. The fraction of sp³-hybridized carbons (Fsp3) is 0.300. The van der Waals surface area contributed by atoms with Crippen molar-refractivity contribution in [3.05, 3.63) is 93.6 Å². The van der Waals surface area contributed by atoms with Crippen molar-refractivity contribution < 1.29 is 29.0 Å². The van der Waals surface area contributed by atoms with Crippen LogP contribution < -0.4 is 0 Å². The minimum atomic E-state index is -0.787. The Morgan fingerprint density at radius 3 is 2.42 bits per heavy atom. The smallest absolute Gasteiger partial charge is 0.195 e. The van der Waals surface area contributed by atoms with Gasteiger partial charge in [0.15, 0.2) is 17.3 Å². The Morgan fingerprint density at radius 1 is 0.889 bits per heavy atom. The van der Waals surface area contributed by atoms with Crippen molar-refractivity contribution in [2.75, 3.05) is 0 Å². The van der Waals surface area contributed by atoms with Gasteiger partial charge < -0.3 is 14.6 Å². The zero-order chi connectivity index (χ0) is 25.6. The molecular weight excluding hydrogens is 456 g/mol. The van der Waals surface area contributed by atoms with Gasteiger partial charge in [-0.05, 0) is 51.5 Å². The molecule has 0 fully saturated rings. The van der Waals surface area contributed by atoms with Crippen LogP contribution in [0.5, 0.6) is 5.75 Å². The summed E-state index contributed by atoms with van der Waals surface area (Å²) in [5.41, 5.74) is 0.909. The molecule has 0 amide bonds. The first-order valence-electron chi connectivity index (χ1n) is 12.1. The van der Waals surface area contributed by atoms with Crippen molar-refractivity contribution in [3.8, 4) is 5.75 Å². The Bertz CT molecular complexity index is 1480. The number of ether oxygens (including phenoxy) is 2. The molecule has 0 saturated carbocycles. The topological polar surface area (TPSA) is 89.9 Å². The summed E-state index contributed by atoms with van der Waals surface area (Å²) < 4.78 is 12.7. The highest BCUT2D eigenvalue weighted by Crippen LogP contribution is 2.51. The first-order valence-corrected chi connectivity index (χ1v) is 12.1. The third-order valence-corrected chi connectivity index (χ3v) is 7.26. The van der Waals surface area contributed by atoms with E-state index in [9.17, 15) is 19.5 Å². The van der Waals surface area contributed by atoms with Crippen molar-refractivity contribution in [2.45, 2.75) is 51.4 Å². The summed E-state index contributed by atoms with van der Waals surface area (Å²) in [7, 11) is 0. The van der Waals surface area contributed by atoms with Gasteiger partial charge in [0.1, 0.15) is 17.1 Å². The molecule has 36 heavy (non-hydrogen) atoms. The summed E-state index contributed by atoms with van der Waals surface area (Å²) in [6.45, 7) is 7.51. The van der Waals surface area contributed by atoms with E-state index in [1.807, 2.05) is 52.0 Å². The molecular formula is C30H26O6. The lowest BCUT2D eigenvalue weighted by Gasteiger charge is -2.43. The quantitative estimate of drug-likeness (QED) is 0.406. The molecule has 0 bridgehead atoms. The van der Waals surface area contributed by atoms with Gasteiger partial charge in [0.2, 0.25) is 0 Å². The monoisotopic (exact) mass is 482 g/mol. The molecule has 6 rings (SSSR count). The van der Waals surface area contributed by atoms with Crippen LogP contribution in [-0.2, 0) is 14.3 Å². The predicted molar refractivity (Wildman–Crippen MR) is 132 cm³/mol. The van der Waals surface area contributed by atoms with Gasteiger partial charge in [0.05, 0.1) is 23.7 Å². The molecule has 2 aromatic carbocycles. The maximum Gasteiger partial charge on any atom is 0.195 e. The van der Waals surface area contributed by atoms with Gasteiger partial charge in [-0.2, -0.15) is 0 Å². The second kappa shape index (κ2) is 7.37. The minimum Gasteiger partial charge on any atom is -0.508 e. The average molecular weight is 483 g/mol. The number of phenols is 1. The fourth-order valence-electron chi connectivity index (χ4n) is 5.74. The molecule has 6 nitrogen and oxygen atoms in total. The molecule has 2 heterocycles. The zero-order valence-electron chi connectivity index (χ0n) is 20.5. The Labute approximate surface area is 208 Å². The Kier molecular flexibility index (Phi) is 4.64. The van der Waals surface area contributed by atoms with Crippen LogP contribution in [0.25, 0.3) is 5.76 Å². The van der Waals surface area contributed by atoms with Crippen LogP contribution in [0.1, 0.15) is 72.1 Å². The minimum absolute atomic E-state index is 0.0473. The highest BCUT2D eigenvalue weighted by atomic mass is 16.5. The number of rotatable bonds is 0. The third kappa shape index (κ3) is 3.24. The number of phenolic OH excluding ortho intramolecular Hbond substituents is 1. The van der Waals surface area contributed by atoms with Crippen molar-refractivity contribution in [2.24, 2.45) is 5.92 Å². The molecule has 2 aliphatic heterocycles. The number of benzene rings is 2. The van der Waals surface area contributed by atoms with Crippen LogP contribution in [-0.4, -0.2) is 33.7 Å². The predicted octanol–water partition coefficient (Wildman–Crippen LogP) is 5.28. The van der Waals surface area contributed by atoms with Crippen molar-refractivity contribution in [1.82, 2.24) is 0 Å². The molecule has 0 unspecified atom stereocenters. The number of Topliss-reactive ketones (excluding diaryl/α,β-unsaturated/α-hetero) is 3. The molecule has 1 N–H and O–H groups in total. The van der Waals surface area contributed by atoms with E-state index in [0.29, 0.717) is 11.1 Å². The van der Waals surface area contributed by atoms with Crippen LogP contribution in [0.2, 0.25) is 0 Å². The lowest BCUT2D eigenvalue weighted by atomic mass is 9.68. The molecule has 2 aliphatic carbocycles. The number of fused-ring (bicyclic) bond motifs is 5. The van der Waals surface area contributed by atoms with Crippen LogP contribution in [0.4, 0.5) is 0 Å². The molecule has 2 aromatic rings. The van der Waals surface area contributed by atoms with Gasteiger partial charge in [-0.1, -0.05) is 36.4 Å². The van der Waals surface area contributed by atoms with Gasteiger partial charge in [-0.15, -0.1) is 0 Å². The number of hydrogen-bond acceptors (Lipinski definition) is 6. The molecule has 182 valence electrons. The van der Waals surface area contributed by atoms with Crippen molar-refractivity contribution in [1.29, 1.82) is 0 Å². The standard InChI is InChI=1S/C30H26O6/c1-29(2)12-11-19-22(25(33)16-7-5-6-8-17(16)27(19)35-29)24-23-21(32)14-30(3,4)36-28(23)18-10-9-15(31)13-20(18)26(24)34/h5-13,19,27,31H,14H2,1-4H3/t19-,27+/m0/s1. The highest BCUT2D eigenvalue weighted by molar-refractivity contribution is 6.30. The van der Waals surface area contributed by atoms with Gasteiger partial charge in [-0.3, -0.25) is 14.4 Å². The van der Waals surface area contributed by atoms with E-state index in [4.69, 9.17) is 9.47 Å². The molecule has 2 atom stereocenters. The van der Waals surface area contributed by atoms with E-state index in [2.05, 4.69) is 0 Å². The first kappa shape index (κ1) is 22.7. The fourth-order valence-corrected chi connectivity index (χ4v) is 5.74. The van der Waals surface area contributed by atoms with E-state index in [1.165, 1.54) is 12.1 Å². The van der Waals surface area contributed by atoms with E-state index in [0.717, 1.165) is 5.56 Å². The second-order valence-corrected chi connectivity index (χ2v) is 11.0. The number of hydrogen-bond donors (Lipinski definition) is 1. The lowest BCUT2D eigenvalue weighted by Crippen LogP contribution is -2.41. The van der Waals surface area contributed by atoms with Gasteiger partial charge in [-0.25, -0.2) is 0 Å². The molecule has 0 spiro atoms. The van der Waals surface area contributed by atoms with Crippen LogP contribution in [0.15, 0.2) is 71.3 Å². The number of carbonyl (C=O) groups is 3. The van der Waals surface area contributed by atoms with Crippen molar-refractivity contribution >= 4 is 23.1 Å². The molecule has 6 heteroatoms. The maximum atomic E-state index is 14.1. The maximum absolute atomic E-state index is 14.1. The third-order valence-electron chi connectivity index (χ3n) is 7.26. The number of aromatic hydroxyl groups is 1. The van der Waals surface area contributed by atoms with Crippen LogP contribution >= 0.6 is 0 Å². The van der Waals surface area contributed by atoms with Gasteiger partial charge in [0, 0.05) is 33.8 Å². The largest absolute Gasteiger partial charge is 0.508 e. The molecule has 4 aliphatic rings. The molecule has 0 saturated heterocycles. The summed E-state index contributed by atoms with van der Waals surface area (Å²) in [4.78, 5) is 41.7. The van der Waals surface area contributed by atoms with Crippen LogP contribution in [0, 0.1) is 5.92 Å². The second-order valence-electron chi connectivity index (χ2n) is 11.0. The van der Waals surface area contributed by atoms with E-state index >= 15 is 0 Å². The van der Waals surface area contributed by atoms with Gasteiger partial charge >= 0.3 is 0 Å². The summed E-state index contributed by atoms with van der Waals surface area (Å²) in [5.74, 6) is -1.41. The van der Waals surface area contributed by atoms with Crippen LogP contribution in [0.3, 0.4) is 0 Å². The number of allylic oxidation sites excluding steroid dienone is 2. The normalized spacial score (nSPS) is 27.6. The Hall–Kier alpha value is -3.77. The zero-order valence-corrected chi connectivity index (χ0v) is 20.5. The van der Waals surface area contributed by atoms with Crippen molar-refractivity contribution in [3.63, 3.8) is 0 Å². The number of carbonyl (C=O) groups excluding carboxylic acids is 3. The molecule has 0 aromatic heterocycles. The van der Waals surface area contributed by atoms with E-state index in [-0.39, 0.29) is 51.8 Å². The van der Waals surface area contributed by atoms with E-state index < -0.39 is 29.0 Å². The molecule has 0 radical (unpaired) electrons. The average Bonchev–Trinajstić information content (AvgIpc) is 2.80. The summed E-state index contributed by atoms with van der Waals surface area (Å²) in [5, 5.41) is 10.2. The van der Waals surface area contributed by atoms with E-state index in [1.54, 1.807) is 18.2 Å². The lowest BCUT2D eigenvalue weighted by molar-refractivity contribution is -0.120. The summed E-state index contributed by atoms with van der Waals surface area (Å²) in [6.07, 6.45) is 3.37. The summed E-state index contributed by atoms with van der Waals surface area (Å²) >= 11 is 0. The number of ketones is 3. The SMILES string of the molecule is CC1(C)C=C[C@H]2C(=C3C(=O)c4cc(O)ccc4C4=C3C(=O)CC(C)(C)O4)C(=O)c3ccccc3[C@H]2O1.